The number of nitrogens with one attached hydrogen (secondary N) is 1. The third kappa shape index (κ3) is 2.94. The molecule has 0 fully saturated rings. The van der Waals surface area contributed by atoms with Crippen molar-refractivity contribution < 1.29 is 9.90 Å². The second kappa shape index (κ2) is 5.97. The summed E-state index contributed by atoms with van der Waals surface area (Å²) in [6, 6.07) is 11.9. The Morgan fingerprint density at radius 3 is 2.50 bits per heavy atom. The normalized spacial score (nSPS) is 11.9. The van der Waals surface area contributed by atoms with Crippen molar-refractivity contribution >= 4 is 23.3 Å². The number of rotatable bonds is 4. The first-order valence-corrected chi connectivity index (χ1v) is 6.68. The number of anilines is 1. The Hall–Kier alpha value is -2.00. The van der Waals surface area contributed by atoms with Crippen molar-refractivity contribution in [3.8, 4) is 0 Å². The van der Waals surface area contributed by atoms with E-state index in [-0.39, 0.29) is 0 Å². The van der Waals surface area contributed by atoms with Gasteiger partial charge in [0, 0.05) is 0 Å². The van der Waals surface area contributed by atoms with Crippen LogP contribution < -0.4 is 5.32 Å². The fourth-order valence-corrected chi connectivity index (χ4v) is 2.28. The number of benzene rings is 2. The van der Waals surface area contributed by atoms with Crippen molar-refractivity contribution in [1.82, 2.24) is 0 Å². The van der Waals surface area contributed by atoms with Crippen LogP contribution >= 0.6 is 11.6 Å². The second-order valence-corrected chi connectivity index (χ2v) is 5.09. The number of hydrogen-bond acceptors (Lipinski definition) is 2. The van der Waals surface area contributed by atoms with Crippen LogP contribution in [0.3, 0.4) is 0 Å². The van der Waals surface area contributed by atoms with Crippen molar-refractivity contribution in [1.29, 1.82) is 0 Å². The van der Waals surface area contributed by atoms with Crippen LogP contribution in [0.5, 0.6) is 0 Å². The van der Waals surface area contributed by atoms with Crippen LogP contribution in [-0.2, 0) is 4.79 Å². The molecule has 0 bridgehead atoms. The number of carbonyl (C=O) groups is 1. The Balaban J connectivity index is 2.40. The maximum absolute atomic E-state index is 11.6. The molecule has 0 aliphatic heterocycles. The Bertz CT molecular complexity index is 640. The predicted molar refractivity (Wildman–Crippen MR) is 81.4 cm³/mol. The predicted octanol–water partition coefficient (Wildman–Crippen LogP) is 4.19. The number of halogens is 1. The lowest BCUT2D eigenvalue weighted by molar-refractivity contribution is -0.138. The number of hydrogen-bond donors (Lipinski definition) is 2. The van der Waals surface area contributed by atoms with Crippen LogP contribution in [0.2, 0.25) is 5.02 Å². The van der Waals surface area contributed by atoms with E-state index in [1.165, 1.54) is 0 Å². The number of aliphatic carboxylic acids is 1. The van der Waals surface area contributed by atoms with Crippen molar-refractivity contribution in [2.45, 2.75) is 19.9 Å². The van der Waals surface area contributed by atoms with E-state index in [0.29, 0.717) is 10.7 Å². The average molecular weight is 290 g/mol. The lowest BCUT2D eigenvalue weighted by atomic mass is 9.97. The molecule has 4 heteroatoms. The van der Waals surface area contributed by atoms with E-state index in [0.717, 1.165) is 16.7 Å². The Labute approximate surface area is 123 Å². The highest BCUT2D eigenvalue weighted by molar-refractivity contribution is 6.33. The molecule has 104 valence electrons. The van der Waals surface area contributed by atoms with Gasteiger partial charge in [-0.3, -0.25) is 0 Å². The Morgan fingerprint density at radius 2 is 1.85 bits per heavy atom. The van der Waals surface area contributed by atoms with Crippen molar-refractivity contribution in [3.63, 3.8) is 0 Å². The minimum atomic E-state index is -0.932. The zero-order valence-corrected chi connectivity index (χ0v) is 12.1. The molecule has 0 heterocycles. The number of para-hydroxylation sites is 1. The largest absolute Gasteiger partial charge is 0.479 e. The third-order valence-corrected chi connectivity index (χ3v) is 3.71. The summed E-state index contributed by atoms with van der Waals surface area (Å²) in [5.74, 6) is -0.932. The summed E-state index contributed by atoms with van der Waals surface area (Å²) in [5, 5.41) is 13.0. The van der Waals surface area contributed by atoms with E-state index in [4.69, 9.17) is 11.6 Å². The minimum absolute atomic E-state index is 0.504. The van der Waals surface area contributed by atoms with E-state index in [9.17, 15) is 9.90 Å². The fraction of sp³-hybridized carbons (Fsp3) is 0.188. The molecule has 20 heavy (non-hydrogen) atoms. The lowest BCUT2D eigenvalue weighted by Gasteiger charge is -2.19. The van der Waals surface area contributed by atoms with Crippen molar-refractivity contribution in [2.24, 2.45) is 0 Å². The Morgan fingerprint density at radius 1 is 1.15 bits per heavy atom. The van der Waals surface area contributed by atoms with Crippen LogP contribution in [0.4, 0.5) is 5.69 Å². The molecule has 1 unspecified atom stereocenters. The van der Waals surface area contributed by atoms with E-state index in [1.54, 1.807) is 18.2 Å². The molecule has 0 amide bonds. The zero-order valence-electron chi connectivity index (χ0n) is 11.4. The molecular formula is C16H16ClNO2. The molecule has 2 aromatic rings. The topological polar surface area (TPSA) is 49.3 Å². The number of carboxylic acid groups (broad SMARTS) is 1. The maximum atomic E-state index is 11.6. The van der Waals surface area contributed by atoms with Crippen LogP contribution in [0, 0.1) is 13.8 Å². The number of carboxylic acids is 1. The number of aryl methyl sites for hydroxylation is 1. The van der Waals surface area contributed by atoms with E-state index < -0.39 is 12.0 Å². The van der Waals surface area contributed by atoms with Gasteiger partial charge in [-0.1, -0.05) is 41.9 Å². The molecule has 0 aliphatic carbocycles. The lowest BCUT2D eigenvalue weighted by Crippen LogP contribution is -2.21. The van der Waals surface area contributed by atoms with E-state index >= 15 is 0 Å². The second-order valence-electron chi connectivity index (χ2n) is 4.68. The highest BCUT2D eigenvalue weighted by Gasteiger charge is 2.22. The van der Waals surface area contributed by atoms with Gasteiger partial charge in [0.25, 0.3) is 0 Å². The van der Waals surface area contributed by atoms with Gasteiger partial charge in [-0.25, -0.2) is 4.79 Å². The molecule has 0 aliphatic rings. The van der Waals surface area contributed by atoms with Crippen LogP contribution in [-0.4, -0.2) is 11.1 Å². The highest BCUT2D eigenvalue weighted by Crippen LogP contribution is 2.28. The quantitative estimate of drug-likeness (QED) is 0.887. The highest BCUT2D eigenvalue weighted by atomic mass is 35.5. The monoisotopic (exact) mass is 289 g/mol. The molecule has 2 rings (SSSR count). The van der Waals surface area contributed by atoms with Gasteiger partial charge in [-0.2, -0.15) is 0 Å². The van der Waals surface area contributed by atoms with Crippen LogP contribution in [0.15, 0.2) is 42.5 Å². The van der Waals surface area contributed by atoms with Crippen LogP contribution in [0.1, 0.15) is 22.7 Å². The summed E-state index contributed by atoms with van der Waals surface area (Å²) in [6.45, 7) is 3.89. The van der Waals surface area contributed by atoms with Gasteiger partial charge in [0.2, 0.25) is 0 Å². The molecule has 0 saturated carbocycles. The molecule has 0 aromatic heterocycles. The van der Waals surface area contributed by atoms with Gasteiger partial charge >= 0.3 is 5.97 Å². The smallest absolute Gasteiger partial charge is 0.330 e. The summed E-state index contributed by atoms with van der Waals surface area (Å²) in [7, 11) is 0. The molecule has 0 saturated heterocycles. The molecule has 2 aromatic carbocycles. The first-order chi connectivity index (χ1) is 9.50. The first kappa shape index (κ1) is 14.4. The van der Waals surface area contributed by atoms with Crippen LogP contribution in [0.25, 0.3) is 0 Å². The molecule has 2 N–H and O–H groups in total. The summed E-state index contributed by atoms with van der Waals surface area (Å²) < 4.78 is 0. The SMILES string of the molecule is Cc1cccc(C(Nc2ccccc2Cl)C(=O)O)c1C. The van der Waals surface area contributed by atoms with E-state index in [1.807, 2.05) is 38.1 Å². The zero-order chi connectivity index (χ0) is 14.7. The van der Waals surface area contributed by atoms with Gasteiger partial charge in [-0.15, -0.1) is 0 Å². The fourth-order valence-electron chi connectivity index (χ4n) is 2.09. The summed E-state index contributed by atoms with van der Waals surface area (Å²) in [4.78, 5) is 11.6. The summed E-state index contributed by atoms with van der Waals surface area (Å²) in [6.07, 6.45) is 0. The molecule has 1 atom stereocenters. The van der Waals surface area contributed by atoms with Gasteiger partial charge < -0.3 is 10.4 Å². The molecular weight excluding hydrogens is 274 g/mol. The minimum Gasteiger partial charge on any atom is -0.479 e. The third-order valence-electron chi connectivity index (χ3n) is 3.38. The van der Waals surface area contributed by atoms with Gasteiger partial charge in [0.05, 0.1) is 10.7 Å². The first-order valence-electron chi connectivity index (χ1n) is 6.30. The van der Waals surface area contributed by atoms with Crippen molar-refractivity contribution in [3.05, 3.63) is 64.2 Å². The van der Waals surface area contributed by atoms with Crippen molar-refractivity contribution in [2.75, 3.05) is 5.32 Å². The maximum Gasteiger partial charge on any atom is 0.330 e. The Kier molecular flexibility index (Phi) is 4.30. The average Bonchev–Trinajstić information content (AvgIpc) is 2.41. The van der Waals surface area contributed by atoms with Gasteiger partial charge in [0.15, 0.2) is 6.04 Å². The van der Waals surface area contributed by atoms with Gasteiger partial charge in [-0.05, 0) is 42.7 Å². The summed E-state index contributed by atoms with van der Waals surface area (Å²) >= 11 is 6.08. The molecule has 3 nitrogen and oxygen atoms in total. The molecule has 0 radical (unpaired) electrons. The summed E-state index contributed by atoms with van der Waals surface area (Å²) in [5.41, 5.74) is 3.40. The molecule has 0 spiro atoms. The van der Waals surface area contributed by atoms with E-state index in [2.05, 4.69) is 5.32 Å². The van der Waals surface area contributed by atoms with Gasteiger partial charge in [0.1, 0.15) is 0 Å². The standard InChI is InChI=1S/C16H16ClNO2/c1-10-6-5-7-12(11(10)2)15(16(19)20)18-14-9-4-3-8-13(14)17/h3-9,15,18H,1-2H3,(H,19,20).